The van der Waals surface area contributed by atoms with Gasteiger partial charge in [0.15, 0.2) is 0 Å². The number of aliphatic hydroxyl groups is 4. The standard InChI is InChI=1S/C13H20FNO5/c14-10-1-3-12(4-2-10)20-6-11(19)5-15-13(7-16,8-17)9-18/h1-4,11,15-19H,5-9H2. The lowest BCUT2D eigenvalue weighted by Gasteiger charge is -2.29. The van der Waals surface area contributed by atoms with Gasteiger partial charge in [-0.3, -0.25) is 0 Å². The minimum absolute atomic E-state index is 0.0167. The molecule has 0 saturated carbocycles. The van der Waals surface area contributed by atoms with Crippen LogP contribution in [0.4, 0.5) is 4.39 Å². The largest absolute Gasteiger partial charge is 0.491 e. The molecule has 0 amide bonds. The third-order valence-electron chi connectivity index (χ3n) is 2.88. The van der Waals surface area contributed by atoms with E-state index in [-0.39, 0.29) is 19.0 Å². The van der Waals surface area contributed by atoms with Crippen molar-refractivity contribution in [2.75, 3.05) is 33.0 Å². The van der Waals surface area contributed by atoms with Gasteiger partial charge in [0.1, 0.15) is 24.3 Å². The molecule has 114 valence electrons. The first-order chi connectivity index (χ1) is 9.55. The van der Waals surface area contributed by atoms with Crippen molar-refractivity contribution >= 4 is 0 Å². The van der Waals surface area contributed by atoms with E-state index in [4.69, 9.17) is 20.1 Å². The van der Waals surface area contributed by atoms with Crippen LogP contribution in [0.1, 0.15) is 0 Å². The Morgan fingerprint density at radius 3 is 2.15 bits per heavy atom. The molecular formula is C13H20FNO5. The first kappa shape index (κ1) is 16.8. The van der Waals surface area contributed by atoms with E-state index in [2.05, 4.69) is 5.32 Å². The van der Waals surface area contributed by atoms with Crippen molar-refractivity contribution in [2.24, 2.45) is 0 Å². The minimum Gasteiger partial charge on any atom is -0.491 e. The van der Waals surface area contributed by atoms with Crippen molar-refractivity contribution in [1.29, 1.82) is 0 Å². The molecule has 1 aromatic rings. The molecule has 0 heterocycles. The average molecular weight is 289 g/mol. The number of hydrogen-bond acceptors (Lipinski definition) is 6. The Hall–Kier alpha value is -1.25. The highest BCUT2D eigenvalue weighted by Gasteiger charge is 2.28. The van der Waals surface area contributed by atoms with E-state index in [1.807, 2.05) is 0 Å². The molecule has 1 aromatic carbocycles. The Labute approximate surface area is 116 Å². The molecule has 5 N–H and O–H groups in total. The fourth-order valence-electron chi connectivity index (χ4n) is 1.43. The average Bonchev–Trinajstić information content (AvgIpc) is 2.48. The fourth-order valence-corrected chi connectivity index (χ4v) is 1.43. The number of rotatable bonds is 9. The first-order valence-corrected chi connectivity index (χ1v) is 6.19. The SMILES string of the molecule is OCC(CO)(CO)NCC(O)COc1ccc(F)cc1. The highest BCUT2D eigenvalue weighted by molar-refractivity contribution is 5.22. The maximum atomic E-state index is 12.7. The van der Waals surface area contributed by atoms with Crippen molar-refractivity contribution < 1.29 is 29.6 Å². The molecule has 1 atom stereocenters. The monoisotopic (exact) mass is 289 g/mol. The molecule has 0 spiro atoms. The molecule has 0 radical (unpaired) electrons. The zero-order chi connectivity index (χ0) is 15.0. The van der Waals surface area contributed by atoms with E-state index in [0.717, 1.165) is 0 Å². The molecule has 0 aromatic heterocycles. The summed E-state index contributed by atoms with van der Waals surface area (Å²) in [5, 5.41) is 39.7. The molecule has 20 heavy (non-hydrogen) atoms. The van der Waals surface area contributed by atoms with Gasteiger partial charge in [-0.05, 0) is 24.3 Å². The third kappa shape index (κ3) is 5.03. The molecule has 0 aliphatic rings. The van der Waals surface area contributed by atoms with Crippen LogP contribution in [0.5, 0.6) is 5.75 Å². The van der Waals surface area contributed by atoms with Crippen LogP contribution in [0.15, 0.2) is 24.3 Å². The summed E-state index contributed by atoms with van der Waals surface area (Å²) in [7, 11) is 0. The molecule has 7 heteroatoms. The van der Waals surface area contributed by atoms with Crippen LogP contribution in [0.2, 0.25) is 0 Å². The van der Waals surface area contributed by atoms with E-state index >= 15 is 0 Å². The lowest BCUT2D eigenvalue weighted by atomic mass is 10.0. The summed E-state index contributed by atoms with van der Waals surface area (Å²) in [6.45, 7) is -1.43. The van der Waals surface area contributed by atoms with Gasteiger partial charge < -0.3 is 30.5 Å². The van der Waals surface area contributed by atoms with Gasteiger partial charge in [0.2, 0.25) is 0 Å². The molecule has 0 saturated heterocycles. The van der Waals surface area contributed by atoms with Crippen molar-refractivity contribution in [3.8, 4) is 5.75 Å². The summed E-state index contributed by atoms with van der Waals surface area (Å²) < 4.78 is 17.9. The van der Waals surface area contributed by atoms with E-state index in [0.29, 0.717) is 5.75 Å². The van der Waals surface area contributed by atoms with Crippen LogP contribution in [0.25, 0.3) is 0 Å². The number of aliphatic hydroxyl groups excluding tert-OH is 4. The zero-order valence-corrected chi connectivity index (χ0v) is 11.0. The normalized spacial score (nSPS) is 13.2. The highest BCUT2D eigenvalue weighted by Crippen LogP contribution is 2.11. The van der Waals surface area contributed by atoms with Crippen LogP contribution in [0, 0.1) is 5.82 Å². The number of nitrogens with one attached hydrogen (secondary N) is 1. The molecule has 0 bridgehead atoms. The van der Waals surface area contributed by atoms with Gasteiger partial charge in [-0.15, -0.1) is 0 Å². The summed E-state index contributed by atoms with van der Waals surface area (Å²) in [4.78, 5) is 0. The molecule has 1 rings (SSSR count). The maximum Gasteiger partial charge on any atom is 0.123 e. The topological polar surface area (TPSA) is 102 Å². The molecule has 1 unspecified atom stereocenters. The second-order valence-corrected chi connectivity index (χ2v) is 4.55. The van der Waals surface area contributed by atoms with Crippen molar-refractivity contribution in [3.05, 3.63) is 30.1 Å². The summed E-state index contributed by atoms with van der Waals surface area (Å²) in [6, 6.07) is 5.37. The molecule has 0 fully saturated rings. The predicted octanol–water partition coefficient (Wildman–Crippen LogP) is -1.13. The van der Waals surface area contributed by atoms with Crippen molar-refractivity contribution in [2.45, 2.75) is 11.6 Å². The third-order valence-corrected chi connectivity index (χ3v) is 2.88. The molecular weight excluding hydrogens is 269 g/mol. The van der Waals surface area contributed by atoms with Gasteiger partial charge in [0.05, 0.1) is 25.4 Å². The van der Waals surface area contributed by atoms with Gasteiger partial charge in [0, 0.05) is 6.54 Å². The van der Waals surface area contributed by atoms with E-state index in [9.17, 15) is 9.50 Å². The lowest BCUT2D eigenvalue weighted by Crippen LogP contribution is -2.57. The second kappa shape index (κ2) is 8.13. The first-order valence-electron chi connectivity index (χ1n) is 6.19. The molecule has 6 nitrogen and oxygen atoms in total. The van der Waals surface area contributed by atoms with Crippen LogP contribution < -0.4 is 10.1 Å². The van der Waals surface area contributed by atoms with E-state index in [1.165, 1.54) is 24.3 Å². The predicted molar refractivity (Wildman–Crippen MR) is 69.9 cm³/mol. The smallest absolute Gasteiger partial charge is 0.123 e. The maximum absolute atomic E-state index is 12.7. The zero-order valence-electron chi connectivity index (χ0n) is 11.0. The number of hydrogen-bond donors (Lipinski definition) is 5. The van der Waals surface area contributed by atoms with Gasteiger partial charge in [0.25, 0.3) is 0 Å². The van der Waals surface area contributed by atoms with Gasteiger partial charge in [-0.2, -0.15) is 0 Å². The van der Waals surface area contributed by atoms with Crippen molar-refractivity contribution in [1.82, 2.24) is 5.32 Å². The lowest BCUT2D eigenvalue weighted by molar-refractivity contribution is 0.0260. The Kier molecular flexibility index (Phi) is 6.83. The summed E-state index contributed by atoms with van der Waals surface area (Å²) >= 11 is 0. The molecule has 0 aliphatic heterocycles. The number of halogens is 1. The molecule has 0 aliphatic carbocycles. The summed E-state index contributed by atoms with van der Waals surface area (Å²) in [5.41, 5.74) is -1.24. The Bertz CT molecular complexity index is 375. The van der Waals surface area contributed by atoms with Gasteiger partial charge in [-0.25, -0.2) is 4.39 Å². The Morgan fingerprint density at radius 2 is 1.65 bits per heavy atom. The summed E-state index contributed by atoms with van der Waals surface area (Å²) in [5.74, 6) is 0.0429. The van der Waals surface area contributed by atoms with Crippen molar-refractivity contribution in [3.63, 3.8) is 0 Å². The van der Waals surface area contributed by atoms with Crippen LogP contribution in [-0.4, -0.2) is 65.0 Å². The second-order valence-electron chi connectivity index (χ2n) is 4.55. The Balaban J connectivity index is 2.36. The van der Waals surface area contributed by atoms with Crippen LogP contribution in [0.3, 0.4) is 0 Å². The van der Waals surface area contributed by atoms with E-state index in [1.54, 1.807) is 0 Å². The minimum atomic E-state index is -1.24. The number of β-amino-alcohol motifs (C(OH)–C–C–N with tert-alkyl or cyclic N) is 1. The van der Waals surface area contributed by atoms with Gasteiger partial charge >= 0.3 is 0 Å². The fraction of sp³-hybridized carbons (Fsp3) is 0.538. The van der Waals surface area contributed by atoms with E-state index < -0.39 is 31.5 Å². The Morgan fingerprint density at radius 1 is 1.10 bits per heavy atom. The highest BCUT2D eigenvalue weighted by atomic mass is 19.1. The van der Waals surface area contributed by atoms with Crippen LogP contribution >= 0.6 is 0 Å². The number of benzene rings is 1. The van der Waals surface area contributed by atoms with Gasteiger partial charge in [-0.1, -0.05) is 0 Å². The van der Waals surface area contributed by atoms with Crippen LogP contribution in [-0.2, 0) is 0 Å². The summed E-state index contributed by atoms with van der Waals surface area (Å²) in [6.07, 6.45) is -0.913. The number of ether oxygens (including phenoxy) is 1. The quantitative estimate of drug-likeness (QED) is 0.394.